The van der Waals surface area contributed by atoms with Crippen LogP contribution in [0.5, 0.6) is 0 Å². The molecule has 3 rings (SSSR count). The summed E-state index contributed by atoms with van der Waals surface area (Å²) in [5.74, 6) is 1.70. The molecule has 28 heavy (non-hydrogen) atoms. The van der Waals surface area contributed by atoms with E-state index in [4.69, 9.17) is 5.11 Å². The lowest BCUT2D eigenvalue weighted by atomic mass is 10.2. The number of rotatable bonds is 6. The van der Waals surface area contributed by atoms with Gasteiger partial charge in [-0.3, -0.25) is 4.79 Å². The third-order valence-electron chi connectivity index (χ3n) is 5.03. The number of nitrogens with one attached hydrogen (secondary N) is 1. The zero-order valence-corrected chi connectivity index (χ0v) is 16.9. The lowest BCUT2D eigenvalue weighted by molar-refractivity contribution is 0.0815. The fourth-order valence-corrected chi connectivity index (χ4v) is 3.28. The maximum absolute atomic E-state index is 12.3. The Morgan fingerprint density at radius 3 is 2.75 bits per heavy atom. The van der Waals surface area contributed by atoms with Crippen LogP contribution in [-0.2, 0) is 6.42 Å². The van der Waals surface area contributed by atoms with Gasteiger partial charge in [0.1, 0.15) is 11.6 Å². The van der Waals surface area contributed by atoms with Gasteiger partial charge < -0.3 is 20.2 Å². The molecule has 0 saturated carbocycles. The summed E-state index contributed by atoms with van der Waals surface area (Å²) in [6.45, 7) is 5.68. The van der Waals surface area contributed by atoms with E-state index in [1.54, 1.807) is 20.3 Å². The van der Waals surface area contributed by atoms with Crippen LogP contribution in [0.3, 0.4) is 0 Å². The second kappa shape index (κ2) is 8.52. The number of nitrogens with zero attached hydrogens (tertiary/aromatic N) is 5. The third kappa shape index (κ3) is 4.39. The van der Waals surface area contributed by atoms with E-state index in [-0.39, 0.29) is 24.4 Å². The molecular weight excluding hydrogens is 356 g/mol. The standard InChI is InChI=1S/C20H28N6O2/c1-13-14(2)22-18(20(28)25(3)4)24-19(13)26-9-7-16(12-26)23-17-6-5-15(8-10-27)11-21-17/h5-6,11,16,27H,7-10,12H2,1-4H3,(H,21,23)/t16-/m1/s1. The Kier molecular flexibility index (Phi) is 6.08. The summed E-state index contributed by atoms with van der Waals surface area (Å²) < 4.78 is 0. The van der Waals surface area contributed by atoms with Crippen LogP contribution in [0, 0.1) is 13.8 Å². The highest BCUT2D eigenvalue weighted by molar-refractivity contribution is 5.90. The predicted molar refractivity (Wildman–Crippen MR) is 109 cm³/mol. The molecule has 0 aliphatic carbocycles. The molecule has 150 valence electrons. The minimum atomic E-state index is -0.189. The van der Waals surface area contributed by atoms with Crippen LogP contribution in [0.2, 0.25) is 0 Å². The van der Waals surface area contributed by atoms with E-state index < -0.39 is 0 Å². The van der Waals surface area contributed by atoms with Crippen molar-refractivity contribution in [2.75, 3.05) is 44.0 Å². The quantitative estimate of drug-likeness (QED) is 0.778. The number of aromatic nitrogens is 3. The van der Waals surface area contributed by atoms with Gasteiger partial charge in [-0.1, -0.05) is 6.07 Å². The van der Waals surface area contributed by atoms with Gasteiger partial charge in [0, 0.05) is 57.3 Å². The summed E-state index contributed by atoms with van der Waals surface area (Å²) >= 11 is 0. The number of amides is 1. The molecule has 2 N–H and O–H groups in total. The van der Waals surface area contributed by atoms with Crippen molar-refractivity contribution in [2.24, 2.45) is 0 Å². The van der Waals surface area contributed by atoms with Crippen LogP contribution in [0.1, 0.15) is 33.9 Å². The number of carbonyl (C=O) groups excluding carboxylic acids is 1. The van der Waals surface area contributed by atoms with Crippen molar-refractivity contribution in [3.63, 3.8) is 0 Å². The number of anilines is 2. The number of aliphatic hydroxyl groups excluding tert-OH is 1. The van der Waals surface area contributed by atoms with Crippen LogP contribution < -0.4 is 10.2 Å². The van der Waals surface area contributed by atoms with Gasteiger partial charge in [0.2, 0.25) is 5.82 Å². The molecule has 8 heteroatoms. The first kappa shape index (κ1) is 20.0. The Bertz CT molecular complexity index is 837. The van der Waals surface area contributed by atoms with Crippen molar-refractivity contribution >= 4 is 17.5 Å². The Labute approximate surface area is 165 Å². The molecular formula is C20H28N6O2. The molecule has 0 unspecified atom stereocenters. The van der Waals surface area contributed by atoms with Crippen molar-refractivity contribution in [3.05, 3.63) is 41.0 Å². The van der Waals surface area contributed by atoms with E-state index >= 15 is 0 Å². The number of aliphatic hydroxyl groups is 1. The van der Waals surface area contributed by atoms with Crippen molar-refractivity contribution in [3.8, 4) is 0 Å². The average molecular weight is 384 g/mol. The normalized spacial score (nSPS) is 16.3. The number of pyridine rings is 1. The zero-order chi connectivity index (χ0) is 20.3. The fraction of sp³-hybridized carbons (Fsp3) is 0.500. The second-order valence-electron chi connectivity index (χ2n) is 7.38. The molecule has 1 saturated heterocycles. The molecule has 8 nitrogen and oxygen atoms in total. The Morgan fingerprint density at radius 1 is 1.32 bits per heavy atom. The van der Waals surface area contributed by atoms with Crippen LogP contribution >= 0.6 is 0 Å². The van der Waals surface area contributed by atoms with Crippen LogP contribution in [0.15, 0.2) is 18.3 Å². The molecule has 0 bridgehead atoms. The minimum Gasteiger partial charge on any atom is -0.396 e. The monoisotopic (exact) mass is 384 g/mol. The lowest BCUT2D eigenvalue weighted by Crippen LogP contribution is -2.30. The first-order chi connectivity index (χ1) is 13.4. The van der Waals surface area contributed by atoms with E-state index in [9.17, 15) is 4.79 Å². The number of hydrogen-bond donors (Lipinski definition) is 2. The van der Waals surface area contributed by atoms with Gasteiger partial charge >= 0.3 is 0 Å². The highest BCUT2D eigenvalue weighted by Gasteiger charge is 2.27. The first-order valence-electron chi connectivity index (χ1n) is 9.53. The molecule has 1 atom stereocenters. The topological polar surface area (TPSA) is 94.5 Å². The van der Waals surface area contributed by atoms with E-state index in [1.165, 1.54) is 4.90 Å². The summed E-state index contributed by atoms with van der Waals surface area (Å²) in [4.78, 5) is 29.4. The van der Waals surface area contributed by atoms with Gasteiger partial charge in [0.15, 0.2) is 0 Å². The van der Waals surface area contributed by atoms with Crippen LogP contribution in [0.25, 0.3) is 0 Å². The van der Waals surface area contributed by atoms with Crippen molar-refractivity contribution in [1.29, 1.82) is 0 Å². The minimum absolute atomic E-state index is 0.127. The van der Waals surface area contributed by atoms with E-state index in [0.29, 0.717) is 6.42 Å². The first-order valence-corrected chi connectivity index (χ1v) is 9.53. The molecule has 1 aliphatic rings. The summed E-state index contributed by atoms with van der Waals surface area (Å²) in [6.07, 6.45) is 3.37. The Morgan fingerprint density at radius 2 is 2.11 bits per heavy atom. The number of carbonyl (C=O) groups is 1. The summed E-state index contributed by atoms with van der Waals surface area (Å²) in [6, 6.07) is 4.18. The molecule has 2 aromatic rings. The Balaban J connectivity index is 1.71. The van der Waals surface area contributed by atoms with Crippen LogP contribution in [0.4, 0.5) is 11.6 Å². The summed E-state index contributed by atoms with van der Waals surface area (Å²) in [7, 11) is 3.41. The molecule has 3 heterocycles. The van der Waals surface area contributed by atoms with Gasteiger partial charge in [-0.05, 0) is 38.3 Å². The van der Waals surface area contributed by atoms with Crippen molar-refractivity contribution < 1.29 is 9.90 Å². The molecule has 1 aliphatic heterocycles. The molecule has 0 spiro atoms. The molecule has 1 fully saturated rings. The van der Waals surface area contributed by atoms with Gasteiger partial charge in [0.25, 0.3) is 5.91 Å². The van der Waals surface area contributed by atoms with Crippen molar-refractivity contribution in [2.45, 2.75) is 32.7 Å². The van der Waals surface area contributed by atoms with Gasteiger partial charge in [-0.2, -0.15) is 0 Å². The van der Waals surface area contributed by atoms with Gasteiger partial charge in [0.05, 0.1) is 0 Å². The molecule has 2 aromatic heterocycles. The fourth-order valence-electron chi connectivity index (χ4n) is 3.28. The predicted octanol–water partition coefficient (Wildman–Crippen LogP) is 1.42. The summed E-state index contributed by atoms with van der Waals surface area (Å²) in [5.41, 5.74) is 2.85. The van der Waals surface area contributed by atoms with Gasteiger partial charge in [-0.15, -0.1) is 0 Å². The van der Waals surface area contributed by atoms with Gasteiger partial charge in [-0.25, -0.2) is 15.0 Å². The Hall–Kier alpha value is -2.74. The summed E-state index contributed by atoms with van der Waals surface area (Å²) in [5, 5.41) is 12.5. The molecule has 0 radical (unpaired) electrons. The zero-order valence-electron chi connectivity index (χ0n) is 16.9. The number of hydrogen-bond acceptors (Lipinski definition) is 7. The maximum atomic E-state index is 12.3. The highest BCUT2D eigenvalue weighted by atomic mass is 16.3. The van der Waals surface area contributed by atoms with E-state index in [1.807, 2.05) is 26.0 Å². The smallest absolute Gasteiger partial charge is 0.291 e. The highest BCUT2D eigenvalue weighted by Crippen LogP contribution is 2.25. The SMILES string of the molecule is Cc1nc(C(=O)N(C)C)nc(N2CC[C@@H](Nc3ccc(CCO)cn3)C2)c1C. The average Bonchev–Trinajstić information content (AvgIpc) is 3.13. The van der Waals surface area contributed by atoms with E-state index in [2.05, 4.69) is 25.2 Å². The van der Waals surface area contributed by atoms with E-state index in [0.717, 1.165) is 48.0 Å². The van der Waals surface area contributed by atoms with Crippen molar-refractivity contribution in [1.82, 2.24) is 19.9 Å². The molecule has 1 amide bonds. The number of aryl methyl sites for hydroxylation is 1. The molecule has 0 aromatic carbocycles. The second-order valence-corrected chi connectivity index (χ2v) is 7.38. The maximum Gasteiger partial charge on any atom is 0.291 e. The van der Waals surface area contributed by atoms with Crippen LogP contribution in [-0.4, -0.2) is 70.7 Å². The largest absolute Gasteiger partial charge is 0.396 e. The third-order valence-corrected chi connectivity index (χ3v) is 5.03. The lowest BCUT2D eigenvalue weighted by Gasteiger charge is -2.22.